The summed E-state index contributed by atoms with van der Waals surface area (Å²) < 4.78 is 0. The van der Waals surface area contributed by atoms with Crippen molar-refractivity contribution in [3.63, 3.8) is 0 Å². The van der Waals surface area contributed by atoms with Gasteiger partial charge < -0.3 is 10.6 Å². The molecule has 4 nitrogen and oxygen atoms in total. The smallest absolute Gasteiger partial charge is 0.314 e. The minimum Gasteiger partial charge on any atom is -0.338 e. The third kappa shape index (κ3) is 6.89. The summed E-state index contributed by atoms with van der Waals surface area (Å²) in [5, 5.41) is 7.50. The van der Waals surface area contributed by atoms with E-state index in [1.165, 1.54) is 5.56 Å². The Kier molecular flexibility index (Phi) is 8.34. The zero-order chi connectivity index (χ0) is 19.8. The zero-order valence-corrected chi connectivity index (χ0v) is 18.0. The lowest BCUT2D eigenvalue weighted by atomic mass is 10.1. The van der Waals surface area contributed by atoms with Crippen LogP contribution in [0.1, 0.15) is 11.1 Å². The number of amides is 2. The Labute approximate surface area is 181 Å². The number of carbonyl (C=O) groups excluding carboxylic acids is 1. The van der Waals surface area contributed by atoms with Crippen LogP contribution in [0.4, 0.5) is 4.79 Å². The number of hydrogen-bond donors (Lipinski definition) is 2. The summed E-state index contributed by atoms with van der Waals surface area (Å²) in [4.78, 5) is 14.4. The third-order valence-corrected chi connectivity index (χ3v) is 6.59. The summed E-state index contributed by atoms with van der Waals surface area (Å²) in [5.74, 6) is 1.06. The molecule has 0 aliphatic carbocycles. The maximum atomic E-state index is 12.0. The van der Waals surface area contributed by atoms with Gasteiger partial charge in [0.15, 0.2) is 0 Å². The third-order valence-electron chi connectivity index (χ3n) is 4.65. The van der Waals surface area contributed by atoms with Gasteiger partial charge in [-0.25, -0.2) is 4.79 Å². The van der Waals surface area contributed by atoms with Gasteiger partial charge in [-0.1, -0.05) is 59.6 Å². The maximum absolute atomic E-state index is 12.0. The largest absolute Gasteiger partial charge is 0.338 e. The summed E-state index contributed by atoms with van der Waals surface area (Å²) in [5.41, 5.74) is 2.38. The molecule has 1 fully saturated rings. The first kappa shape index (κ1) is 21.3. The Hall–Kier alpha value is -1.40. The number of nitrogens with one attached hydrogen (secondary N) is 2. The highest BCUT2D eigenvalue weighted by Gasteiger charge is 2.21. The molecule has 0 radical (unpaired) electrons. The van der Waals surface area contributed by atoms with Crippen LogP contribution in [0.2, 0.25) is 10.0 Å². The van der Waals surface area contributed by atoms with Gasteiger partial charge in [-0.15, -0.1) is 0 Å². The SMILES string of the molecule is O=C(NCCc1ccccc1)NCC1CN(Cc2ccc(Cl)c(Cl)c2)CCS1. The van der Waals surface area contributed by atoms with Crippen LogP contribution in [-0.2, 0) is 13.0 Å². The molecule has 0 spiro atoms. The monoisotopic (exact) mass is 437 g/mol. The van der Waals surface area contributed by atoms with Gasteiger partial charge in [-0.2, -0.15) is 11.8 Å². The van der Waals surface area contributed by atoms with Crippen LogP contribution in [0.15, 0.2) is 48.5 Å². The molecule has 1 heterocycles. The number of carbonyl (C=O) groups is 1. The normalized spacial score (nSPS) is 17.3. The average Bonchev–Trinajstić information content (AvgIpc) is 2.70. The molecule has 1 aliphatic heterocycles. The van der Waals surface area contributed by atoms with E-state index in [0.717, 1.165) is 37.4 Å². The van der Waals surface area contributed by atoms with Crippen molar-refractivity contribution in [2.24, 2.45) is 0 Å². The molecule has 2 aromatic rings. The molecule has 2 amide bonds. The van der Waals surface area contributed by atoms with E-state index in [-0.39, 0.29) is 6.03 Å². The van der Waals surface area contributed by atoms with Crippen molar-refractivity contribution in [1.82, 2.24) is 15.5 Å². The van der Waals surface area contributed by atoms with E-state index in [2.05, 4.69) is 27.7 Å². The Bertz CT molecular complexity index is 776. The molecule has 2 aromatic carbocycles. The van der Waals surface area contributed by atoms with E-state index < -0.39 is 0 Å². The highest BCUT2D eigenvalue weighted by atomic mass is 35.5. The van der Waals surface area contributed by atoms with Crippen molar-refractivity contribution in [3.05, 3.63) is 69.7 Å². The van der Waals surface area contributed by atoms with Crippen LogP contribution in [0.5, 0.6) is 0 Å². The van der Waals surface area contributed by atoms with Crippen molar-refractivity contribution >= 4 is 41.0 Å². The van der Waals surface area contributed by atoms with Gasteiger partial charge in [-0.3, -0.25) is 4.90 Å². The van der Waals surface area contributed by atoms with Gasteiger partial charge in [0, 0.05) is 43.7 Å². The maximum Gasteiger partial charge on any atom is 0.314 e. The molecule has 2 N–H and O–H groups in total. The molecule has 3 rings (SSSR count). The second kappa shape index (κ2) is 11.0. The lowest BCUT2D eigenvalue weighted by molar-refractivity contribution is 0.238. The second-order valence-electron chi connectivity index (χ2n) is 6.85. The Morgan fingerprint density at radius 1 is 1.07 bits per heavy atom. The molecule has 1 unspecified atom stereocenters. The Balaban J connectivity index is 1.37. The van der Waals surface area contributed by atoms with Crippen LogP contribution in [0.25, 0.3) is 0 Å². The molecular formula is C21H25Cl2N3OS. The van der Waals surface area contributed by atoms with E-state index in [1.807, 2.05) is 48.2 Å². The summed E-state index contributed by atoms with van der Waals surface area (Å²) >= 11 is 14.0. The first-order chi connectivity index (χ1) is 13.6. The number of hydrogen-bond acceptors (Lipinski definition) is 3. The van der Waals surface area contributed by atoms with Gasteiger partial charge in [0.25, 0.3) is 0 Å². The highest BCUT2D eigenvalue weighted by Crippen LogP contribution is 2.25. The molecular weight excluding hydrogens is 413 g/mol. The molecule has 1 aliphatic rings. The fourth-order valence-electron chi connectivity index (χ4n) is 3.18. The van der Waals surface area contributed by atoms with Crippen molar-refractivity contribution in [2.45, 2.75) is 18.2 Å². The quantitative estimate of drug-likeness (QED) is 0.671. The number of halogens is 2. The molecule has 0 bridgehead atoms. The Morgan fingerprint density at radius 2 is 1.89 bits per heavy atom. The van der Waals surface area contributed by atoms with Crippen molar-refractivity contribution in [3.8, 4) is 0 Å². The number of thioether (sulfide) groups is 1. The van der Waals surface area contributed by atoms with Crippen molar-refractivity contribution < 1.29 is 4.79 Å². The standard InChI is InChI=1S/C21H25Cl2N3OS/c22-19-7-6-17(12-20(19)23)14-26-10-11-28-18(15-26)13-25-21(27)24-9-8-16-4-2-1-3-5-16/h1-7,12,18H,8-11,13-15H2,(H2,24,25,27). The summed E-state index contributed by atoms with van der Waals surface area (Å²) in [6.07, 6.45) is 0.837. The van der Waals surface area contributed by atoms with Crippen LogP contribution in [0.3, 0.4) is 0 Å². The number of nitrogens with zero attached hydrogens (tertiary/aromatic N) is 1. The first-order valence-corrected chi connectivity index (χ1v) is 11.2. The molecule has 0 saturated carbocycles. The van der Waals surface area contributed by atoms with Crippen LogP contribution in [0, 0.1) is 0 Å². The lowest BCUT2D eigenvalue weighted by Crippen LogP contribution is -2.45. The summed E-state index contributed by atoms with van der Waals surface area (Å²) in [7, 11) is 0. The van der Waals surface area contributed by atoms with E-state index in [1.54, 1.807) is 0 Å². The van der Waals surface area contributed by atoms with Crippen molar-refractivity contribution in [2.75, 3.05) is 31.9 Å². The van der Waals surface area contributed by atoms with E-state index in [0.29, 0.717) is 28.4 Å². The van der Waals surface area contributed by atoms with E-state index >= 15 is 0 Å². The van der Waals surface area contributed by atoms with Gasteiger partial charge in [0.05, 0.1) is 10.0 Å². The number of urea groups is 1. The molecule has 150 valence electrons. The van der Waals surface area contributed by atoms with E-state index in [4.69, 9.17) is 23.2 Å². The molecule has 1 saturated heterocycles. The van der Waals surface area contributed by atoms with Gasteiger partial charge in [-0.05, 0) is 29.7 Å². The average molecular weight is 438 g/mol. The van der Waals surface area contributed by atoms with Gasteiger partial charge in [0.1, 0.15) is 0 Å². The number of benzene rings is 2. The predicted molar refractivity (Wildman–Crippen MR) is 120 cm³/mol. The van der Waals surface area contributed by atoms with E-state index in [9.17, 15) is 4.79 Å². The fourth-order valence-corrected chi connectivity index (χ4v) is 4.71. The molecule has 1 atom stereocenters. The van der Waals surface area contributed by atoms with Gasteiger partial charge >= 0.3 is 6.03 Å². The predicted octanol–water partition coefficient (Wildman–Crippen LogP) is 4.45. The second-order valence-corrected chi connectivity index (χ2v) is 9.07. The minimum atomic E-state index is -0.0989. The van der Waals surface area contributed by atoms with Crippen LogP contribution in [-0.4, -0.2) is 48.1 Å². The van der Waals surface area contributed by atoms with Crippen molar-refractivity contribution in [1.29, 1.82) is 0 Å². The highest BCUT2D eigenvalue weighted by molar-refractivity contribution is 8.00. The Morgan fingerprint density at radius 3 is 2.68 bits per heavy atom. The zero-order valence-electron chi connectivity index (χ0n) is 15.7. The molecule has 7 heteroatoms. The lowest BCUT2D eigenvalue weighted by Gasteiger charge is -2.32. The van der Waals surface area contributed by atoms with Crippen LogP contribution >= 0.6 is 35.0 Å². The summed E-state index contributed by atoms with van der Waals surface area (Å²) in [6.45, 7) is 4.12. The topological polar surface area (TPSA) is 44.4 Å². The molecule has 28 heavy (non-hydrogen) atoms. The number of rotatable bonds is 7. The van der Waals surface area contributed by atoms with Crippen LogP contribution < -0.4 is 10.6 Å². The van der Waals surface area contributed by atoms with Gasteiger partial charge in [0.2, 0.25) is 0 Å². The first-order valence-electron chi connectivity index (χ1n) is 9.43. The molecule has 0 aromatic heterocycles. The summed E-state index contributed by atoms with van der Waals surface area (Å²) in [6, 6.07) is 15.9. The fraction of sp³-hybridized carbons (Fsp3) is 0.381. The minimum absolute atomic E-state index is 0.0989.